The average molecular weight is 472 g/mol. The summed E-state index contributed by atoms with van der Waals surface area (Å²) < 4.78 is 15.8. The molecule has 0 radical (unpaired) electrons. The van der Waals surface area contributed by atoms with E-state index in [4.69, 9.17) is 14.5 Å². The number of ether oxygens (including phenoxy) is 2. The van der Waals surface area contributed by atoms with E-state index < -0.39 is 0 Å². The van der Waals surface area contributed by atoms with Crippen LogP contribution in [0.3, 0.4) is 0 Å². The van der Waals surface area contributed by atoms with Crippen molar-refractivity contribution in [2.45, 2.75) is 12.5 Å². The van der Waals surface area contributed by atoms with Crippen molar-refractivity contribution in [2.75, 3.05) is 14.2 Å². The van der Waals surface area contributed by atoms with Crippen molar-refractivity contribution in [2.24, 2.45) is 0 Å². The van der Waals surface area contributed by atoms with Crippen LogP contribution in [0.15, 0.2) is 97.1 Å². The van der Waals surface area contributed by atoms with E-state index in [9.17, 15) is 0 Å². The summed E-state index contributed by atoms with van der Waals surface area (Å²) in [6.45, 7) is 0. The van der Waals surface area contributed by atoms with Gasteiger partial charge >= 0.3 is 0 Å². The van der Waals surface area contributed by atoms with Gasteiger partial charge in [-0.3, -0.25) is 4.57 Å². The minimum atomic E-state index is 0.0628. The molecule has 1 aliphatic carbocycles. The van der Waals surface area contributed by atoms with Crippen molar-refractivity contribution in [1.29, 1.82) is 0 Å². The van der Waals surface area contributed by atoms with Crippen LogP contribution in [0.1, 0.15) is 6.42 Å². The number of fused-ring (bicyclic) bond motifs is 6. The average Bonchev–Trinajstić information content (AvgIpc) is 3.44. The summed E-state index contributed by atoms with van der Waals surface area (Å²) in [5.74, 6) is 0.820. The summed E-state index contributed by atoms with van der Waals surface area (Å²) in [4.78, 5) is 5.35. The van der Waals surface area contributed by atoms with E-state index in [0.717, 1.165) is 56.3 Å². The van der Waals surface area contributed by atoms with Gasteiger partial charge in [0.25, 0.3) is 0 Å². The van der Waals surface area contributed by atoms with E-state index in [0.29, 0.717) is 0 Å². The van der Waals surface area contributed by atoms with Gasteiger partial charge in [0.05, 0.1) is 41.0 Å². The Bertz CT molecular complexity index is 1850. The zero-order chi connectivity index (χ0) is 24.2. The first kappa shape index (κ1) is 21.0. The molecule has 0 saturated heterocycles. The van der Waals surface area contributed by atoms with Gasteiger partial charge in [-0.05, 0) is 36.4 Å². The van der Waals surface area contributed by atoms with Crippen molar-refractivity contribution in [3.8, 4) is 11.4 Å². The number of hydrogen-bond acceptors (Lipinski definition) is 3. The summed E-state index contributed by atoms with van der Waals surface area (Å²) >= 11 is 0. The van der Waals surface area contributed by atoms with Gasteiger partial charge in [-0.15, -0.1) is 0 Å². The Hall–Kier alpha value is -4.35. The summed E-state index contributed by atoms with van der Waals surface area (Å²) in [7, 11) is 3.47. The second-order valence-corrected chi connectivity index (χ2v) is 9.16. The number of nitrogens with zero attached hydrogens (tertiary/aromatic N) is 3. The van der Waals surface area contributed by atoms with Gasteiger partial charge in [-0.1, -0.05) is 54.6 Å². The molecule has 0 saturated carbocycles. The Labute approximate surface area is 208 Å². The fourth-order valence-electron chi connectivity index (χ4n) is 5.52. The van der Waals surface area contributed by atoms with Crippen molar-refractivity contribution >= 4 is 49.6 Å². The zero-order valence-corrected chi connectivity index (χ0v) is 20.2. The molecule has 0 N–H and O–H groups in total. The highest BCUT2D eigenvalue weighted by Gasteiger charge is 2.21. The largest absolute Gasteiger partial charge is 0.497 e. The minimum absolute atomic E-state index is 0.0628. The second kappa shape index (κ2) is 8.11. The predicted octanol–water partition coefficient (Wildman–Crippen LogP) is 7.11. The van der Waals surface area contributed by atoms with E-state index in [1.54, 1.807) is 14.2 Å². The third-order valence-electron chi connectivity index (χ3n) is 7.20. The first-order valence-electron chi connectivity index (χ1n) is 12.1. The lowest BCUT2D eigenvalue weighted by molar-refractivity contribution is 0.143. The molecule has 7 rings (SSSR count). The molecule has 0 aliphatic heterocycles. The van der Waals surface area contributed by atoms with Crippen LogP contribution in [-0.4, -0.2) is 34.4 Å². The standard InChI is InChI=1S/C31H25N3O2/c1-35-22-11-7-9-20(17-22)33-28-16-6-4-14-25(28)30-29(33)19-26-24-13-3-5-15-27(24)34(31(26)32-30)21-10-8-12-23(18-21)36-2/h3-16,18-19,22H,17H2,1-2H3. The monoisotopic (exact) mass is 471 g/mol. The van der Waals surface area contributed by atoms with Gasteiger partial charge in [-0.25, -0.2) is 4.98 Å². The molecule has 1 aliphatic rings. The lowest BCUT2D eigenvalue weighted by Crippen LogP contribution is -2.13. The second-order valence-electron chi connectivity index (χ2n) is 9.16. The van der Waals surface area contributed by atoms with Crippen LogP contribution in [0, 0.1) is 0 Å². The van der Waals surface area contributed by atoms with Gasteiger partial charge in [-0.2, -0.15) is 0 Å². The van der Waals surface area contributed by atoms with Gasteiger partial charge in [0.1, 0.15) is 11.4 Å². The maximum Gasteiger partial charge on any atom is 0.146 e. The summed E-state index contributed by atoms with van der Waals surface area (Å²) in [6.07, 6.45) is 7.26. The molecule has 0 amide bonds. The highest BCUT2D eigenvalue weighted by atomic mass is 16.5. The van der Waals surface area contributed by atoms with Crippen molar-refractivity contribution < 1.29 is 9.47 Å². The summed E-state index contributed by atoms with van der Waals surface area (Å²) in [5, 5.41) is 3.44. The van der Waals surface area contributed by atoms with Crippen LogP contribution in [0.25, 0.3) is 55.3 Å². The minimum Gasteiger partial charge on any atom is -0.497 e. The Kier molecular flexibility index (Phi) is 4.72. The highest BCUT2D eigenvalue weighted by Crippen LogP contribution is 2.38. The van der Waals surface area contributed by atoms with Crippen molar-refractivity contribution in [1.82, 2.24) is 14.1 Å². The third-order valence-corrected chi connectivity index (χ3v) is 7.20. The molecule has 1 atom stereocenters. The molecular formula is C31H25N3O2. The molecule has 6 aromatic rings. The molecule has 3 aromatic heterocycles. The van der Waals surface area contributed by atoms with Crippen molar-refractivity contribution in [3.05, 3.63) is 97.1 Å². The van der Waals surface area contributed by atoms with Gasteiger partial charge < -0.3 is 14.0 Å². The molecule has 36 heavy (non-hydrogen) atoms. The number of rotatable bonds is 4. The molecule has 0 bridgehead atoms. The van der Waals surface area contributed by atoms with Gasteiger partial charge in [0.2, 0.25) is 0 Å². The normalized spacial score (nSPS) is 15.8. The van der Waals surface area contributed by atoms with E-state index in [-0.39, 0.29) is 6.10 Å². The van der Waals surface area contributed by atoms with Crippen LogP contribution in [0.4, 0.5) is 0 Å². The smallest absolute Gasteiger partial charge is 0.146 e. The Morgan fingerprint density at radius 3 is 2.36 bits per heavy atom. The Balaban J connectivity index is 1.60. The van der Waals surface area contributed by atoms with Crippen molar-refractivity contribution in [3.63, 3.8) is 0 Å². The molecule has 0 spiro atoms. The van der Waals surface area contributed by atoms with Gasteiger partial charge in [0, 0.05) is 41.5 Å². The fourth-order valence-corrected chi connectivity index (χ4v) is 5.52. The maximum absolute atomic E-state index is 5.67. The van der Waals surface area contributed by atoms with Crippen LogP contribution >= 0.6 is 0 Å². The molecule has 5 heteroatoms. The number of para-hydroxylation sites is 2. The first-order valence-corrected chi connectivity index (χ1v) is 12.1. The molecule has 3 aromatic carbocycles. The molecule has 0 fully saturated rings. The number of aromatic nitrogens is 3. The van der Waals surface area contributed by atoms with E-state index >= 15 is 0 Å². The topological polar surface area (TPSA) is 41.2 Å². The zero-order valence-electron chi connectivity index (χ0n) is 20.2. The van der Waals surface area contributed by atoms with E-state index in [1.165, 1.54) is 11.1 Å². The molecule has 1 unspecified atom stereocenters. The van der Waals surface area contributed by atoms with Crippen LogP contribution < -0.4 is 4.74 Å². The molecule has 3 heterocycles. The first-order chi connectivity index (χ1) is 17.8. The van der Waals surface area contributed by atoms with E-state index in [1.807, 2.05) is 12.1 Å². The summed E-state index contributed by atoms with van der Waals surface area (Å²) in [5.41, 5.74) is 7.54. The lowest BCUT2D eigenvalue weighted by atomic mass is 10.1. The van der Waals surface area contributed by atoms with Crippen LogP contribution in [0.2, 0.25) is 0 Å². The number of methoxy groups -OCH3 is 2. The maximum atomic E-state index is 5.67. The Morgan fingerprint density at radius 2 is 1.56 bits per heavy atom. The SMILES string of the molecule is COc1cccc(-n2c3ccccc3c3cc4c(nc32)c2ccccc2n4C2=CC=CC(OC)C2)c1. The van der Waals surface area contributed by atoms with Gasteiger partial charge in [0.15, 0.2) is 0 Å². The third kappa shape index (κ3) is 3.03. The predicted molar refractivity (Wildman–Crippen MR) is 147 cm³/mol. The number of pyridine rings is 1. The van der Waals surface area contributed by atoms with E-state index in [2.05, 4.69) is 94.1 Å². The molecule has 5 nitrogen and oxygen atoms in total. The van der Waals surface area contributed by atoms with Crippen LogP contribution in [0.5, 0.6) is 5.75 Å². The number of allylic oxidation sites excluding steroid dienone is 2. The highest BCUT2D eigenvalue weighted by molar-refractivity contribution is 6.16. The quantitative estimate of drug-likeness (QED) is 0.275. The molecule has 176 valence electrons. The fraction of sp³-hybridized carbons (Fsp3) is 0.129. The van der Waals surface area contributed by atoms with Crippen LogP contribution in [-0.2, 0) is 4.74 Å². The Morgan fingerprint density at radius 1 is 0.778 bits per heavy atom. The lowest BCUT2D eigenvalue weighted by Gasteiger charge is -2.19. The molecular weight excluding hydrogens is 446 g/mol. The summed E-state index contributed by atoms with van der Waals surface area (Å²) in [6, 6.07) is 27.5. The number of benzene rings is 3. The number of hydrogen-bond donors (Lipinski definition) is 0.